The zero-order valence-corrected chi connectivity index (χ0v) is 11.2. The van der Waals surface area contributed by atoms with Gasteiger partial charge >= 0.3 is 0 Å². The van der Waals surface area contributed by atoms with Crippen LogP contribution in [0.25, 0.3) is 0 Å². The maximum Gasteiger partial charge on any atom is 0.248 e. The van der Waals surface area contributed by atoms with Gasteiger partial charge in [-0.05, 0) is 19.9 Å². The number of hydrogen-bond donors (Lipinski definition) is 2. The number of carbonyl (C=O) groups is 1. The lowest BCUT2D eigenvalue weighted by Crippen LogP contribution is -2.32. The highest BCUT2D eigenvalue weighted by Crippen LogP contribution is 2.33. The first-order valence-corrected chi connectivity index (χ1v) is 6.32. The molecule has 3 heterocycles. The van der Waals surface area contributed by atoms with E-state index in [-0.39, 0.29) is 0 Å². The average molecular weight is 273 g/mol. The zero-order chi connectivity index (χ0) is 14.3. The van der Waals surface area contributed by atoms with Crippen molar-refractivity contribution in [2.75, 3.05) is 5.32 Å². The van der Waals surface area contributed by atoms with Gasteiger partial charge in [-0.2, -0.15) is 15.2 Å². The lowest BCUT2D eigenvalue weighted by molar-refractivity contribution is -0.115. The highest BCUT2D eigenvalue weighted by atomic mass is 16.1. The van der Waals surface area contributed by atoms with Crippen molar-refractivity contribution in [3.63, 3.8) is 0 Å². The van der Waals surface area contributed by atoms with Gasteiger partial charge in [-0.3, -0.25) is 9.48 Å². The van der Waals surface area contributed by atoms with Crippen molar-refractivity contribution in [3.8, 4) is 0 Å². The summed E-state index contributed by atoms with van der Waals surface area (Å²) >= 11 is 0. The second kappa shape index (κ2) is 4.48. The standard InChI is InChI=1S/C12H15N7O/c1-3-18-5-4-8(17-18)10-9(11(13)20)7(2)16-12-14-6-15-19(10)12/h4-6,10H,3H2,1-2H3,(H2,13,20)(H,14,15,16). The number of fused-ring (bicyclic) bond motifs is 1. The predicted molar refractivity (Wildman–Crippen MR) is 71.6 cm³/mol. The van der Waals surface area contributed by atoms with Gasteiger partial charge in [0.25, 0.3) is 0 Å². The van der Waals surface area contributed by atoms with Crippen molar-refractivity contribution in [3.05, 3.63) is 35.6 Å². The molecule has 2 aromatic heterocycles. The molecule has 0 bridgehead atoms. The van der Waals surface area contributed by atoms with Crippen molar-refractivity contribution in [2.24, 2.45) is 5.73 Å². The molecule has 0 radical (unpaired) electrons. The van der Waals surface area contributed by atoms with Crippen molar-refractivity contribution in [1.29, 1.82) is 0 Å². The Hall–Kier alpha value is -2.64. The summed E-state index contributed by atoms with van der Waals surface area (Å²) < 4.78 is 3.41. The second-order valence-electron chi connectivity index (χ2n) is 4.55. The van der Waals surface area contributed by atoms with Crippen LogP contribution in [0.5, 0.6) is 0 Å². The van der Waals surface area contributed by atoms with E-state index >= 15 is 0 Å². The Morgan fingerprint density at radius 2 is 2.35 bits per heavy atom. The Balaban J connectivity index is 2.16. The molecule has 3 rings (SSSR count). The first kappa shape index (κ1) is 12.4. The van der Waals surface area contributed by atoms with Crippen molar-refractivity contribution in [1.82, 2.24) is 24.5 Å². The molecule has 1 aliphatic heterocycles. The largest absolute Gasteiger partial charge is 0.366 e. The minimum Gasteiger partial charge on any atom is -0.366 e. The van der Waals surface area contributed by atoms with Crippen LogP contribution in [-0.2, 0) is 11.3 Å². The molecule has 1 amide bonds. The fraction of sp³-hybridized carbons (Fsp3) is 0.333. The number of amides is 1. The molecule has 0 spiro atoms. The molecule has 8 nitrogen and oxygen atoms in total. The Labute approximate surface area is 115 Å². The van der Waals surface area contributed by atoms with Crippen molar-refractivity contribution < 1.29 is 4.79 Å². The monoisotopic (exact) mass is 273 g/mol. The van der Waals surface area contributed by atoms with E-state index < -0.39 is 11.9 Å². The maximum atomic E-state index is 11.8. The lowest BCUT2D eigenvalue weighted by Gasteiger charge is -2.26. The van der Waals surface area contributed by atoms with Gasteiger partial charge < -0.3 is 11.1 Å². The van der Waals surface area contributed by atoms with Crippen LogP contribution >= 0.6 is 0 Å². The summed E-state index contributed by atoms with van der Waals surface area (Å²) in [4.78, 5) is 15.9. The number of aryl methyl sites for hydroxylation is 1. The molecule has 104 valence electrons. The van der Waals surface area contributed by atoms with E-state index in [1.807, 2.05) is 19.2 Å². The van der Waals surface area contributed by atoms with Gasteiger partial charge in [0.05, 0.1) is 11.3 Å². The molecule has 0 aromatic carbocycles. The highest BCUT2D eigenvalue weighted by molar-refractivity contribution is 5.95. The van der Waals surface area contributed by atoms with Crippen LogP contribution in [0.1, 0.15) is 25.6 Å². The third kappa shape index (κ3) is 1.77. The predicted octanol–water partition coefficient (Wildman–Crippen LogP) is 0.269. The second-order valence-corrected chi connectivity index (χ2v) is 4.55. The minimum absolute atomic E-state index is 0.445. The first-order chi connectivity index (χ1) is 9.61. The summed E-state index contributed by atoms with van der Waals surface area (Å²) in [5.74, 6) is 0.0794. The third-order valence-corrected chi connectivity index (χ3v) is 3.33. The summed E-state index contributed by atoms with van der Waals surface area (Å²) in [6, 6.07) is 1.42. The number of nitrogens with one attached hydrogen (secondary N) is 1. The number of nitrogens with zero attached hydrogens (tertiary/aromatic N) is 5. The van der Waals surface area contributed by atoms with Gasteiger partial charge in [0.15, 0.2) is 0 Å². The summed E-state index contributed by atoms with van der Waals surface area (Å²) in [6.07, 6.45) is 3.30. The van der Waals surface area contributed by atoms with Gasteiger partial charge in [0, 0.05) is 18.4 Å². The normalized spacial score (nSPS) is 17.8. The summed E-state index contributed by atoms with van der Waals surface area (Å²) in [5.41, 5.74) is 7.36. The van der Waals surface area contributed by atoms with E-state index in [2.05, 4.69) is 20.5 Å². The molecule has 0 saturated heterocycles. The van der Waals surface area contributed by atoms with Crippen LogP contribution in [0.4, 0.5) is 5.95 Å². The van der Waals surface area contributed by atoms with E-state index in [1.54, 1.807) is 16.3 Å². The zero-order valence-electron chi connectivity index (χ0n) is 11.2. The van der Waals surface area contributed by atoms with Gasteiger partial charge in [0.2, 0.25) is 11.9 Å². The number of anilines is 1. The highest BCUT2D eigenvalue weighted by Gasteiger charge is 2.33. The molecule has 3 N–H and O–H groups in total. The Morgan fingerprint density at radius 1 is 1.55 bits per heavy atom. The number of rotatable bonds is 3. The molecule has 0 aliphatic carbocycles. The van der Waals surface area contributed by atoms with Crippen molar-refractivity contribution in [2.45, 2.75) is 26.4 Å². The first-order valence-electron chi connectivity index (χ1n) is 6.32. The van der Waals surface area contributed by atoms with Gasteiger partial charge in [-0.15, -0.1) is 0 Å². The molecule has 1 aliphatic rings. The Kier molecular flexibility index (Phi) is 2.78. The molecular weight excluding hydrogens is 258 g/mol. The number of nitrogens with two attached hydrogens (primary N) is 1. The van der Waals surface area contributed by atoms with Gasteiger partial charge in [0.1, 0.15) is 12.4 Å². The van der Waals surface area contributed by atoms with E-state index in [0.29, 0.717) is 22.9 Å². The van der Waals surface area contributed by atoms with Gasteiger partial charge in [-0.25, -0.2) is 4.68 Å². The van der Waals surface area contributed by atoms with E-state index in [9.17, 15) is 4.79 Å². The average Bonchev–Trinajstić information content (AvgIpc) is 3.04. The SMILES string of the molecule is CCn1ccc(C2C(C(N)=O)=C(C)Nc3ncnn32)n1. The van der Waals surface area contributed by atoms with Crippen LogP contribution in [0.3, 0.4) is 0 Å². The minimum atomic E-state index is -0.493. The molecule has 2 aromatic rings. The molecule has 1 unspecified atom stereocenters. The number of aromatic nitrogens is 5. The molecule has 1 atom stereocenters. The summed E-state index contributed by atoms with van der Waals surface area (Å²) in [6.45, 7) is 4.54. The molecular formula is C12H15N7O. The number of allylic oxidation sites excluding steroid dienone is 1. The Morgan fingerprint density at radius 3 is 3.00 bits per heavy atom. The van der Waals surface area contributed by atoms with E-state index in [0.717, 1.165) is 6.54 Å². The van der Waals surface area contributed by atoms with E-state index in [4.69, 9.17) is 5.73 Å². The molecule has 20 heavy (non-hydrogen) atoms. The summed E-state index contributed by atoms with van der Waals surface area (Å²) in [7, 11) is 0. The quantitative estimate of drug-likeness (QED) is 0.835. The fourth-order valence-corrected chi connectivity index (χ4v) is 2.38. The number of primary amides is 1. The fourth-order valence-electron chi connectivity index (χ4n) is 2.38. The summed E-state index contributed by atoms with van der Waals surface area (Å²) in [5, 5.41) is 11.7. The topological polar surface area (TPSA) is 104 Å². The molecule has 0 fully saturated rings. The smallest absolute Gasteiger partial charge is 0.248 e. The van der Waals surface area contributed by atoms with Crippen LogP contribution in [0, 0.1) is 0 Å². The maximum absolute atomic E-state index is 11.8. The van der Waals surface area contributed by atoms with Crippen LogP contribution in [0.15, 0.2) is 29.9 Å². The lowest BCUT2D eigenvalue weighted by atomic mass is 10.00. The number of carbonyl (C=O) groups excluding carboxylic acids is 1. The van der Waals surface area contributed by atoms with E-state index in [1.165, 1.54) is 6.33 Å². The molecule has 0 saturated carbocycles. The van der Waals surface area contributed by atoms with Crippen LogP contribution in [0.2, 0.25) is 0 Å². The van der Waals surface area contributed by atoms with Crippen LogP contribution in [-0.4, -0.2) is 30.5 Å². The van der Waals surface area contributed by atoms with Crippen LogP contribution < -0.4 is 11.1 Å². The Bertz CT molecular complexity index is 696. The number of hydrogen-bond acceptors (Lipinski definition) is 5. The third-order valence-electron chi connectivity index (χ3n) is 3.33. The van der Waals surface area contributed by atoms with Crippen molar-refractivity contribution >= 4 is 11.9 Å². The molecule has 8 heteroatoms. The van der Waals surface area contributed by atoms with Gasteiger partial charge in [-0.1, -0.05) is 0 Å².